The summed E-state index contributed by atoms with van der Waals surface area (Å²) in [5.41, 5.74) is 0.343. The molecule has 4 rings (SSSR count). The molecule has 0 aliphatic carbocycles. The summed E-state index contributed by atoms with van der Waals surface area (Å²) in [5.74, 6) is -1.68. The zero-order chi connectivity index (χ0) is 25.9. The molecule has 0 radical (unpaired) electrons. The molecule has 0 spiro atoms. The number of alkyl halides is 3. The molecule has 1 aliphatic rings. The summed E-state index contributed by atoms with van der Waals surface area (Å²) in [5, 5.41) is 9.39. The molecule has 186 valence electrons. The number of halogens is 4. The van der Waals surface area contributed by atoms with Gasteiger partial charge < -0.3 is 15.4 Å². The summed E-state index contributed by atoms with van der Waals surface area (Å²) in [6.45, 7) is 0.280. The number of aliphatic imine (C=N–C) groups is 1. The van der Waals surface area contributed by atoms with Crippen molar-refractivity contribution in [1.29, 1.82) is 0 Å². The van der Waals surface area contributed by atoms with Crippen LogP contribution in [-0.4, -0.2) is 31.6 Å². The second-order valence-corrected chi connectivity index (χ2v) is 7.85. The van der Waals surface area contributed by atoms with Crippen molar-refractivity contribution in [2.24, 2.45) is 4.99 Å². The van der Waals surface area contributed by atoms with Crippen molar-refractivity contribution in [2.45, 2.75) is 12.6 Å². The van der Waals surface area contributed by atoms with E-state index in [0.29, 0.717) is 29.8 Å². The Morgan fingerprint density at radius 2 is 1.89 bits per heavy atom. The van der Waals surface area contributed by atoms with Crippen LogP contribution in [0.5, 0.6) is 0 Å². The number of hydrogen-bond donors (Lipinski definition) is 3. The van der Waals surface area contributed by atoms with E-state index in [-0.39, 0.29) is 17.9 Å². The van der Waals surface area contributed by atoms with Gasteiger partial charge in [0.05, 0.1) is 12.7 Å². The molecule has 0 atom stereocenters. The van der Waals surface area contributed by atoms with Crippen molar-refractivity contribution in [3.63, 3.8) is 0 Å². The zero-order valence-electron chi connectivity index (χ0n) is 18.9. The predicted octanol–water partition coefficient (Wildman–Crippen LogP) is 4.99. The van der Waals surface area contributed by atoms with Gasteiger partial charge in [-0.05, 0) is 46.7 Å². The summed E-state index contributed by atoms with van der Waals surface area (Å²) < 4.78 is 57.1. The summed E-state index contributed by atoms with van der Waals surface area (Å²) in [7, 11) is 1.25. The first-order valence-electron chi connectivity index (χ1n) is 10.7. The van der Waals surface area contributed by atoms with Crippen molar-refractivity contribution < 1.29 is 31.9 Å². The number of carbonyl (C=O) groups excluding carboxylic acids is 2. The van der Waals surface area contributed by atoms with E-state index in [9.17, 15) is 27.2 Å². The molecule has 0 saturated heterocycles. The highest BCUT2D eigenvalue weighted by Gasteiger charge is 2.34. The fraction of sp³-hybridized carbons (Fsp3) is 0.160. The predicted molar refractivity (Wildman–Crippen MR) is 126 cm³/mol. The third kappa shape index (κ3) is 5.62. The molecule has 36 heavy (non-hydrogen) atoms. The van der Waals surface area contributed by atoms with Gasteiger partial charge in [0.2, 0.25) is 0 Å². The van der Waals surface area contributed by atoms with Crippen molar-refractivity contribution in [1.82, 2.24) is 10.6 Å². The van der Waals surface area contributed by atoms with E-state index >= 15 is 0 Å². The van der Waals surface area contributed by atoms with Crippen LogP contribution in [0.25, 0.3) is 10.8 Å². The van der Waals surface area contributed by atoms with E-state index in [2.05, 4.69) is 25.7 Å². The lowest BCUT2D eigenvalue weighted by Gasteiger charge is -2.16. The number of benzene rings is 3. The van der Waals surface area contributed by atoms with Gasteiger partial charge in [-0.15, -0.1) is 0 Å². The van der Waals surface area contributed by atoms with E-state index in [1.807, 2.05) is 18.2 Å². The third-order valence-corrected chi connectivity index (χ3v) is 5.40. The Labute approximate surface area is 202 Å². The first-order chi connectivity index (χ1) is 17.1. The molecule has 0 saturated carbocycles. The number of carbonyl (C=O) groups is 2. The maximum Gasteiger partial charge on any atom is 0.419 e. The molecular formula is C25H20F4N4O3. The van der Waals surface area contributed by atoms with Crippen molar-refractivity contribution in [2.75, 3.05) is 19.1 Å². The smallest absolute Gasteiger partial charge is 0.419 e. The quantitative estimate of drug-likeness (QED) is 0.440. The highest BCUT2D eigenvalue weighted by molar-refractivity contribution is 6.13. The Balaban J connectivity index is 1.54. The average Bonchev–Trinajstić information content (AvgIpc) is 2.84. The standard InChI is InChI=1S/C25H20F4N4O3/c1-36-24(35)33-22-12-17(30-13-31-22)10-14-5-7-18-15(9-14)3-2-4-19(18)23(34)32-16-6-8-21(26)20(11-16)25(27,28)29/h2-9,11-12,30H,10,13H2,1H3,(H,32,34)(H,31,33,35). The van der Waals surface area contributed by atoms with Gasteiger partial charge >= 0.3 is 12.3 Å². The first kappa shape index (κ1) is 24.7. The maximum absolute atomic E-state index is 13.6. The van der Waals surface area contributed by atoms with E-state index in [0.717, 1.165) is 22.7 Å². The summed E-state index contributed by atoms with van der Waals surface area (Å²) in [6.07, 6.45) is -3.33. The highest BCUT2D eigenvalue weighted by Crippen LogP contribution is 2.33. The number of nitrogens with zero attached hydrogens (tertiary/aromatic N) is 1. The number of ether oxygens (including phenoxy) is 1. The molecule has 2 amide bonds. The molecule has 3 N–H and O–H groups in total. The van der Waals surface area contributed by atoms with Gasteiger partial charge in [0, 0.05) is 23.4 Å². The lowest BCUT2D eigenvalue weighted by atomic mass is 9.99. The number of amides is 2. The van der Waals surface area contributed by atoms with Gasteiger partial charge in [0.25, 0.3) is 5.91 Å². The Kier molecular flexibility index (Phi) is 6.91. The molecule has 0 aromatic heterocycles. The number of nitrogens with one attached hydrogen (secondary N) is 3. The average molecular weight is 500 g/mol. The zero-order valence-corrected chi connectivity index (χ0v) is 18.9. The van der Waals surface area contributed by atoms with Gasteiger partial charge in [-0.25, -0.2) is 14.2 Å². The van der Waals surface area contributed by atoms with Crippen LogP contribution < -0.4 is 16.0 Å². The monoisotopic (exact) mass is 500 g/mol. The van der Waals surface area contributed by atoms with E-state index < -0.39 is 29.6 Å². The van der Waals surface area contributed by atoms with E-state index in [1.54, 1.807) is 24.3 Å². The number of rotatable bonds is 4. The van der Waals surface area contributed by atoms with Crippen LogP contribution in [0.15, 0.2) is 71.4 Å². The van der Waals surface area contributed by atoms with Crippen molar-refractivity contribution >= 4 is 34.3 Å². The normalized spacial score (nSPS) is 13.4. The Morgan fingerprint density at radius 3 is 2.64 bits per heavy atom. The fourth-order valence-electron chi connectivity index (χ4n) is 3.71. The number of anilines is 1. The lowest BCUT2D eigenvalue weighted by Crippen LogP contribution is -2.34. The summed E-state index contributed by atoms with van der Waals surface area (Å²) in [4.78, 5) is 28.4. The Morgan fingerprint density at radius 1 is 1.08 bits per heavy atom. The van der Waals surface area contributed by atoms with Gasteiger partial charge in [0.15, 0.2) is 0 Å². The van der Waals surface area contributed by atoms with Crippen LogP contribution in [0.2, 0.25) is 0 Å². The van der Waals surface area contributed by atoms with Crippen LogP contribution in [0.3, 0.4) is 0 Å². The minimum atomic E-state index is -4.88. The van der Waals surface area contributed by atoms with Crippen molar-refractivity contribution in [3.05, 3.63) is 88.9 Å². The number of fused-ring (bicyclic) bond motifs is 1. The molecule has 1 aliphatic heterocycles. The Hall–Kier alpha value is -4.41. The molecule has 3 aromatic carbocycles. The van der Waals surface area contributed by atoms with Crippen LogP contribution in [0.1, 0.15) is 21.5 Å². The number of allylic oxidation sites excluding steroid dienone is 1. The van der Waals surface area contributed by atoms with Crippen LogP contribution >= 0.6 is 0 Å². The molecule has 0 unspecified atom stereocenters. The second-order valence-electron chi connectivity index (χ2n) is 7.85. The molecule has 11 heteroatoms. The number of methoxy groups -OCH3 is 1. The summed E-state index contributed by atoms with van der Waals surface area (Å²) in [6, 6.07) is 12.8. The third-order valence-electron chi connectivity index (χ3n) is 5.40. The number of amidine groups is 1. The van der Waals surface area contributed by atoms with Gasteiger partial charge in [-0.2, -0.15) is 13.2 Å². The molecule has 0 fully saturated rings. The molecular weight excluding hydrogens is 480 g/mol. The van der Waals surface area contributed by atoms with Gasteiger partial charge in [-0.1, -0.05) is 30.3 Å². The van der Waals surface area contributed by atoms with Gasteiger partial charge in [0.1, 0.15) is 18.3 Å². The van der Waals surface area contributed by atoms with Crippen LogP contribution in [-0.2, 0) is 17.3 Å². The van der Waals surface area contributed by atoms with Crippen LogP contribution in [0, 0.1) is 5.82 Å². The molecule has 7 nitrogen and oxygen atoms in total. The first-order valence-corrected chi connectivity index (χ1v) is 10.7. The SMILES string of the molecule is COC(=O)NC1=NCNC(Cc2ccc3c(C(=O)Nc4ccc(F)c(C(F)(F)F)c4)cccc3c2)=C1. The van der Waals surface area contributed by atoms with Gasteiger partial charge in [-0.3, -0.25) is 10.1 Å². The molecule has 1 heterocycles. The van der Waals surface area contributed by atoms with Crippen molar-refractivity contribution in [3.8, 4) is 0 Å². The fourth-order valence-corrected chi connectivity index (χ4v) is 3.71. The lowest BCUT2D eigenvalue weighted by molar-refractivity contribution is -0.139. The Bertz CT molecular complexity index is 1400. The minimum Gasteiger partial charge on any atom is -0.453 e. The van der Waals surface area contributed by atoms with E-state index in [1.165, 1.54) is 7.11 Å². The van der Waals surface area contributed by atoms with E-state index in [4.69, 9.17) is 0 Å². The second kappa shape index (κ2) is 10.1. The minimum absolute atomic E-state index is 0.171. The molecule has 0 bridgehead atoms. The molecule has 3 aromatic rings. The highest BCUT2D eigenvalue weighted by atomic mass is 19.4. The number of hydrogen-bond acceptors (Lipinski definition) is 5. The maximum atomic E-state index is 13.6. The topological polar surface area (TPSA) is 91.8 Å². The largest absolute Gasteiger partial charge is 0.453 e. The van der Waals surface area contributed by atoms with Crippen LogP contribution in [0.4, 0.5) is 28.0 Å². The number of alkyl carbamates (subject to hydrolysis) is 1. The summed E-state index contributed by atoms with van der Waals surface area (Å²) >= 11 is 0.